The van der Waals surface area contributed by atoms with Crippen LogP contribution in [0.2, 0.25) is 0 Å². The van der Waals surface area contributed by atoms with Gasteiger partial charge in [0.05, 0.1) is 5.84 Å². The Morgan fingerprint density at radius 2 is 2.27 bits per heavy atom. The molecule has 0 aromatic rings. The third-order valence-corrected chi connectivity index (χ3v) is 2.82. The van der Waals surface area contributed by atoms with Crippen molar-refractivity contribution in [3.05, 3.63) is 0 Å². The first-order valence-corrected chi connectivity index (χ1v) is 5.23. The first kappa shape index (κ1) is 10.8. The Kier molecular flexibility index (Phi) is 6.42. The van der Waals surface area contributed by atoms with Crippen LogP contribution in [0.1, 0.15) is 26.7 Å². The molecule has 0 aromatic heterocycles. The van der Waals surface area contributed by atoms with Crippen molar-refractivity contribution in [2.24, 2.45) is 11.7 Å². The zero-order valence-electron chi connectivity index (χ0n) is 7.39. The summed E-state index contributed by atoms with van der Waals surface area (Å²) in [7, 11) is 0. The van der Waals surface area contributed by atoms with Crippen LogP contribution in [0, 0.1) is 11.3 Å². The van der Waals surface area contributed by atoms with Crippen LogP contribution in [0.4, 0.5) is 0 Å². The predicted molar refractivity (Wildman–Crippen MR) is 53.3 cm³/mol. The van der Waals surface area contributed by atoms with Crippen LogP contribution in [0.15, 0.2) is 0 Å². The third-order valence-electron chi connectivity index (χ3n) is 1.32. The number of hydrogen-bond acceptors (Lipinski definition) is 2. The van der Waals surface area contributed by atoms with Crippen molar-refractivity contribution in [1.82, 2.24) is 0 Å². The van der Waals surface area contributed by atoms with E-state index in [9.17, 15) is 0 Å². The molecule has 0 aliphatic heterocycles. The van der Waals surface area contributed by atoms with E-state index >= 15 is 0 Å². The second-order valence-electron chi connectivity index (χ2n) is 2.91. The zero-order chi connectivity index (χ0) is 8.69. The fourth-order valence-electron chi connectivity index (χ4n) is 0.863. The van der Waals surface area contributed by atoms with Gasteiger partial charge < -0.3 is 5.73 Å². The van der Waals surface area contributed by atoms with Crippen molar-refractivity contribution in [2.45, 2.75) is 26.7 Å². The molecule has 0 aliphatic carbocycles. The molecule has 0 aromatic carbocycles. The Balaban J connectivity index is 3.22. The molecule has 1 unspecified atom stereocenters. The Labute approximate surface area is 73.4 Å². The van der Waals surface area contributed by atoms with E-state index in [4.69, 9.17) is 11.1 Å². The van der Waals surface area contributed by atoms with Crippen molar-refractivity contribution in [3.8, 4) is 0 Å². The summed E-state index contributed by atoms with van der Waals surface area (Å²) in [5, 5.41) is 7.07. The van der Waals surface area contributed by atoms with Gasteiger partial charge in [-0.1, -0.05) is 13.8 Å². The van der Waals surface area contributed by atoms with Crippen molar-refractivity contribution >= 4 is 17.6 Å². The maximum atomic E-state index is 7.07. The highest BCUT2D eigenvalue weighted by atomic mass is 32.2. The molecule has 0 fully saturated rings. The molecule has 0 bridgehead atoms. The van der Waals surface area contributed by atoms with Crippen LogP contribution in [-0.4, -0.2) is 17.3 Å². The summed E-state index contributed by atoms with van der Waals surface area (Å²) in [6.07, 6.45) is 1.98. The summed E-state index contributed by atoms with van der Waals surface area (Å²) in [5.41, 5.74) is 5.27. The zero-order valence-corrected chi connectivity index (χ0v) is 8.21. The molecule has 0 rings (SSSR count). The molecule has 0 amide bonds. The van der Waals surface area contributed by atoms with Crippen LogP contribution in [0.25, 0.3) is 0 Å². The highest BCUT2D eigenvalue weighted by molar-refractivity contribution is 7.99. The van der Waals surface area contributed by atoms with Gasteiger partial charge in [0.15, 0.2) is 0 Å². The first-order chi connectivity index (χ1) is 5.16. The van der Waals surface area contributed by atoms with Crippen LogP contribution in [0.3, 0.4) is 0 Å². The van der Waals surface area contributed by atoms with Gasteiger partial charge in [0.2, 0.25) is 0 Å². The predicted octanol–water partition coefficient (Wildman–Crippen LogP) is 2.09. The molecule has 2 nitrogen and oxygen atoms in total. The fraction of sp³-hybridized carbons (Fsp3) is 0.875. The summed E-state index contributed by atoms with van der Waals surface area (Å²) in [5.74, 6) is 3.23. The number of amidine groups is 1. The lowest BCUT2D eigenvalue weighted by Crippen LogP contribution is -2.15. The summed E-state index contributed by atoms with van der Waals surface area (Å²) in [4.78, 5) is 0. The van der Waals surface area contributed by atoms with Crippen LogP contribution in [0.5, 0.6) is 0 Å². The van der Waals surface area contributed by atoms with Gasteiger partial charge in [-0.25, -0.2) is 0 Å². The monoisotopic (exact) mass is 174 g/mol. The molecule has 3 heteroatoms. The molecule has 11 heavy (non-hydrogen) atoms. The molecule has 0 saturated carbocycles. The molecular weight excluding hydrogens is 156 g/mol. The molecule has 3 N–H and O–H groups in total. The number of nitrogens with one attached hydrogen (secondary N) is 1. The number of nitrogens with two attached hydrogens (primary N) is 1. The molecule has 0 aliphatic rings. The van der Waals surface area contributed by atoms with E-state index in [1.807, 2.05) is 11.8 Å². The van der Waals surface area contributed by atoms with Gasteiger partial charge in [-0.15, -0.1) is 0 Å². The number of rotatable bonds is 6. The van der Waals surface area contributed by atoms with Gasteiger partial charge in [-0.05, 0) is 23.8 Å². The molecule has 0 spiro atoms. The quantitative estimate of drug-likeness (QED) is 0.368. The second kappa shape index (κ2) is 6.53. The third kappa shape index (κ3) is 7.72. The molecule has 0 saturated heterocycles. The van der Waals surface area contributed by atoms with E-state index < -0.39 is 0 Å². The Bertz CT molecular complexity index is 115. The lowest BCUT2D eigenvalue weighted by atomic mass is 10.1. The van der Waals surface area contributed by atoms with Gasteiger partial charge in [-0.3, -0.25) is 5.41 Å². The minimum Gasteiger partial charge on any atom is -0.388 e. The van der Waals surface area contributed by atoms with E-state index in [1.165, 1.54) is 12.2 Å². The Hall–Kier alpha value is -0.180. The summed E-state index contributed by atoms with van der Waals surface area (Å²) >= 11 is 1.95. The Morgan fingerprint density at radius 3 is 2.73 bits per heavy atom. The van der Waals surface area contributed by atoms with E-state index in [1.54, 1.807) is 0 Å². The van der Waals surface area contributed by atoms with Gasteiger partial charge >= 0.3 is 0 Å². The second-order valence-corrected chi connectivity index (χ2v) is 4.06. The van der Waals surface area contributed by atoms with E-state index in [0.717, 1.165) is 12.2 Å². The minimum absolute atomic E-state index is 0.314. The molecule has 0 heterocycles. The summed E-state index contributed by atoms with van der Waals surface area (Å²) in [6.45, 7) is 4.33. The van der Waals surface area contributed by atoms with Crippen LogP contribution in [-0.2, 0) is 0 Å². The van der Waals surface area contributed by atoms with Crippen LogP contribution < -0.4 is 5.73 Å². The normalized spacial score (nSPS) is 12.9. The average Bonchev–Trinajstić information content (AvgIpc) is 1.86. The smallest absolute Gasteiger partial charge is 0.0908 e. The first-order valence-electron chi connectivity index (χ1n) is 4.07. The van der Waals surface area contributed by atoms with Crippen molar-refractivity contribution in [3.63, 3.8) is 0 Å². The van der Waals surface area contributed by atoms with Gasteiger partial charge in [0.1, 0.15) is 0 Å². The Morgan fingerprint density at radius 1 is 1.64 bits per heavy atom. The van der Waals surface area contributed by atoms with E-state index in [0.29, 0.717) is 11.8 Å². The molecule has 66 valence electrons. The number of hydrogen-bond donors (Lipinski definition) is 2. The van der Waals surface area contributed by atoms with Crippen molar-refractivity contribution < 1.29 is 0 Å². The highest BCUT2D eigenvalue weighted by Gasteiger charge is 2.02. The largest absolute Gasteiger partial charge is 0.388 e. The van der Waals surface area contributed by atoms with E-state index in [2.05, 4.69) is 13.8 Å². The lowest BCUT2D eigenvalue weighted by Gasteiger charge is -2.08. The van der Waals surface area contributed by atoms with Crippen molar-refractivity contribution in [1.29, 1.82) is 5.41 Å². The SMILES string of the molecule is CCCSCC(C)CC(=N)N. The minimum atomic E-state index is 0.314. The molecule has 1 atom stereocenters. The standard InChI is InChI=1S/C8H18N2S/c1-3-4-11-6-7(2)5-8(9)10/h7H,3-6H2,1-2H3,(H3,9,10). The maximum Gasteiger partial charge on any atom is 0.0908 e. The van der Waals surface area contributed by atoms with Gasteiger partial charge in [0, 0.05) is 6.42 Å². The molecular formula is C8H18N2S. The summed E-state index contributed by atoms with van der Waals surface area (Å²) < 4.78 is 0. The van der Waals surface area contributed by atoms with Gasteiger partial charge in [0.25, 0.3) is 0 Å². The molecule has 0 radical (unpaired) electrons. The highest BCUT2D eigenvalue weighted by Crippen LogP contribution is 2.11. The van der Waals surface area contributed by atoms with Crippen LogP contribution >= 0.6 is 11.8 Å². The van der Waals surface area contributed by atoms with Crippen molar-refractivity contribution in [2.75, 3.05) is 11.5 Å². The lowest BCUT2D eigenvalue weighted by molar-refractivity contribution is 0.691. The summed E-state index contributed by atoms with van der Waals surface area (Å²) in [6, 6.07) is 0. The average molecular weight is 174 g/mol. The fourth-order valence-corrected chi connectivity index (χ4v) is 1.84. The van der Waals surface area contributed by atoms with E-state index in [-0.39, 0.29) is 0 Å². The van der Waals surface area contributed by atoms with Gasteiger partial charge in [-0.2, -0.15) is 11.8 Å². The topological polar surface area (TPSA) is 49.9 Å². The maximum absolute atomic E-state index is 7.07. The number of thioether (sulfide) groups is 1.